The topological polar surface area (TPSA) is 151 Å². The fourth-order valence-corrected chi connectivity index (χ4v) is 5.82. The molecule has 2 aliphatic rings. The molecule has 7 N–H and O–H groups in total. The Morgan fingerprint density at radius 2 is 1.97 bits per heavy atom. The Balaban J connectivity index is 1.50. The number of anilines is 3. The number of halogens is 2. The molecule has 1 amide bonds. The number of aliphatic hydroxyl groups excluding tert-OH is 2. The number of nitrogens with one attached hydrogen (secondary N) is 1. The molecular formula is C24H26F2N6O3S. The second-order valence-electron chi connectivity index (χ2n) is 9.26. The number of carbonyl (C=O) groups is 1. The van der Waals surface area contributed by atoms with Crippen molar-refractivity contribution in [1.82, 2.24) is 9.97 Å². The third kappa shape index (κ3) is 4.19. The van der Waals surface area contributed by atoms with Gasteiger partial charge in [-0.2, -0.15) is 0 Å². The first-order chi connectivity index (χ1) is 17.2. The van der Waals surface area contributed by atoms with Crippen LogP contribution < -0.4 is 21.7 Å². The monoisotopic (exact) mass is 516 g/mol. The average Bonchev–Trinajstić information content (AvgIpc) is 3.39. The molecule has 3 aromatic rings. The molecule has 12 heteroatoms. The van der Waals surface area contributed by atoms with E-state index in [4.69, 9.17) is 11.5 Å². The second kappa shape index (κ2) is 9.36. The number of aliphatic hydroxyl groups is 2. The summed E-state index contributed by atoms with van der Waals surface area (Å²) in [6, 6.07) is 2.95. The molecule has 4 atom stereocenters. The second-order valence-corrected chi connectivity index (χ2v) is 10.3. The van der Waals surface area contributed by atoms with Crippen LogP contribution in [-0.2, 0) is 6.42 Å². The van der Waals surface area contributed by atoms with Crippen molar-refractivity contribution in [2.45, 2.75) is 38.0 Å². The van der Waals surface area contributed by atoms with Gasteiger partial charge in [0.2, 0.25) is 0 Å². The Morgan fingerprint density at radius 1 is 1.25 bits per heavy atom. The van der Waals surface area contributed by atoms with Crippen molar-refractivity contribution >= 4 is 33.6 Å². The van der Waals surface area contributed by atoms with Gasteiger partial charge in [0, 0.05) is 30.6 Å². The van der Waals surface area contributed by atoms with Gasteiger partial charge in [-0.25, -0.2) is 13.8 Å². The Morgan fingerprint density at radius 3 is 2.67 bits per heavy atom. The van der Waals surface area contributed by atoms with Crippen LogP contribution in [0.1, 0.15) is 41.2 Å². The first kappa shape index (κ1) is 24.5. The van der Waals surface area contributed by atoms with Gasteiger partial charge < -0.3 is 31.9 Å². The molecule has 190 valence electrons. The maximum Gasteiger partial charge on any atom is 0.277 e. The van der Waals surface area contributed by atoms with Crippen LogP contribution in [0.2, 0.25) is 0 Å². The summed E-state index contributed by atoms with van der Waals surface area (Å²) in [6.07, 6.45) is 1.15. The van der Waals surface area contributed by atoms with E-state index < -0.39 is 35.8 Å². The molecule has 1 aromatic carbocycles. The van der Waals surface area contributed by atoms with E-state index in [-0.39, 0.29) is 27.2 Å². The first-order valence-corrected chi connectivity index (χ1v) is 12.4. The van der Waals surface area contributed by atoms with E-state index in [1.54, 1.807) is 0 Å². The summed E-state index contributed by atoms with van der Waals surface area (Å²) >= 11 is 0.811. The van der Waals surface area contributed by atoms with Gasteiger partial charge >= 0.3 is 0 Å². The highest BCUT2D eigenvalue weighted by Gasteiger charge is 2.36. The number of hydrogen-bond acceptors (Lipinski definition) is 9. The van der Waals surface area contributed by atoms with Crippen LogP contribution in [-0.4, -0.2) is 51.3 Å². The quantitative estimate of drug-likeness (QED) is 0.355. The molecule has 36 heavy (non-hydrogen) atoms. The molecule has 0 spiro atoms. The molecule has 0 radical (unpaired) electrons. The predicted molar refractivity (Wildman–Crippen MR) is 133 cm³/mol. The maximum absolute atomic E-state index is 14.3. The van der Waals surface area contributed by atoms with Crippen LogP contribution >= 0.6 is 11.3 Å². The van der Waals surface area contributed by atoms with Crippen molar-refractivity contribution in [2.75, 3.05) is 29.0 Å². The van der Waals surface area contributed by atoms with Crippen molar-refractivity contribution in [3.8, 4) is 10.6 Å². The normalized spacial score (nSPS) is 23.6. The average molecular weight is 517 g/mol. The van der Waals surface area contributed by atoms with Crippen LogP contribution in [0.25, 0.3) is 10.6 Å². The Bertz CT molecular complexity index is 1300. The number of amides is 1. The molecule has 0 unspecified atom stereocenters. The molecule has 9 nitrogen and oxygen atoms in total. The SMILES string of the molecule is C[C@H]1CN(c2c(NC(=O)c3nc(-c4c(F)cccc4F)sc3N)cnc3c2CC[C@@H]3O)C[C@@H](N)[C@@H]1O. The lowest BCUT2D eigenvalue weighted by atomic mass is 9.92. The molecule has 5 rings (SSSR count). The summed E-state index contributed by atoms with van der Waals surface area (Å²) in [5, 5.41) is 23.5. The number of nitrogen functional groups attached to an aromatic ring is 1. The zero-order chi connectivity index (χ0) is 25.7. The van der Waals surface area contributed by atoms with E-state index in [2.05, 4.69) is 15.3 Å². The van der Waals surface area contributed by atoms with E-state index >= 15 is 0 Å². The number of aromatic nitrogens is 2. The lowest BCUT2D eigenvalue weighted by molar-refractivity contribution is 0.0784. The lowest BCUT2D eigenvalue weighted by Crippen LogP contribution is -2.56. The van der Waals surface area contributed by atoms with Crippen LogP contribution in [0.15, 0.2) is 24.4 Å². The van der Waals surface area contributed by atoms with E-state index in [9.17, 15) is 23.8 Å². The summed E-state index contributed by atoms with van der Waals surface area (Å²) in [4.78, 5) is 23.7. The van der Waals surface area contributed by atoms with Gasteiger partial charge in [0.1, 0.15) is 21.6 Å². The highest BCUT2D eigenvalue weighted by Crippen LogP contribution is 2.42. The Hall–Kier alpha value is -3.19. The number of benzene rings is 1. The number of carbonyl (C=O) groups excluding carboxylic acids is 1. The number of nitrogens with zero attached hydrogens (tertiary/aromatic N) is 3. The standard InChI is InChI=1S/C24H26F2N6O3S/c1-10-8-32(9-14(27)21(10)34)20-11-5-6-16(33)18(11)29-7-15(20)30-23(35)19-22(28)36-24(31-19)17-12(25)3-2-4-13(17)26/h2-4,7,10,14,16,21,33-34H,5-6,8-9,27-28H2,1H3,(H,30,35)/t10-,14+,16-,21+/m0/s1. The molecule has 1 saturated heterocycles. The van der Waals surface area contributed by atoms with E-state index in [1.165, 1.54) is 12.3 Å². The maximum atomic E-state index is 14.3. The molecule has 2 aromatic heterocycles. The van der Waals surface area contributed by atoms with Gasteiger partial charge in [0.15, 0.2) is 5.69 Å². The minimum Gasteiger partial charge on any atom is -0.391 e. The minimum atomic E-state index is -0.808. The zero-order valence-corrected chi connectivity index (χ0v) is 20.2. The van der Waals surface area contributed by atoms with E-state index in [1.807, 2.05) is 11.8 Å². The smallest absolute Gasteiger partial charge is 0.277 e. The number of hydrogen-bond donors (Lipinski definition) is 5. The van der Waals surface area contributed by atoms with Crippen molar-refractivity contribution < 1.29 is 23.8 Å². The molecule has 1 aliphatic carbocycles. The van der Waals surface area contributed by atoms with Gasteiger partial charge in [-0.15, -0.1) is 0 Å². The van der Waals surface area contributed by atoms with Crippen molar-refractivity contribution in [1.29, 1.82) is 0 Å². The summed E-state index contributed by atoms with van der Waals surface area (Å²) in [6.45, 7) is 2.72. The number of thiazole rings is 1. The number of fused-ring (bicyclic) bond motifs is 1. The molecule has 0 bridgehead atoms. The first-order valence-electron chi connectivity index (χ1n) is 11.6. The third-order valence-electron chi connectivity index (χ3n) is 6.74. The summed E-state index contributed by atoms with van der Waals surface area (Å²) < 4.78 is 28.5. The third-order valence-corrected chi connectivity index (χ3v) is 7.64. The number of pyridine rings is 1. The molecule has 3 heterocycles. The highest BCUT2D eigenvalue weighted by molar-refractivity contribution is 7.19. The zero-order valence-electron chi connectivity index (χ0n) is 19.4. The Kier molecular flexibility index (Phi) is 6.37. The molecular weight excluding hydrogens is 490 g/mol. The Labute approximate surface area is 209 Å². The van der Waals surface area contributed by atoms with Gasteiger partial charge in [0.25, 0.3) is 5.91 Å². The van der Waals surface area contributed by atoms with Crippen molar-refractivity contribution in [3.63, 3.8) is 0 Å². The number of rotatable bonds is 4. The van der Waals surface area contributed by atoms with Crippen LogP contribution in [0.3, 0.4) is 0 Å². The molecule has 1 aliphatic heterocycles. The summed E-state index contributed by atoms with van der Waals surface area (Å²) in [5.74, 6) is -2.41. The minimum absolute atomic E-state index is 0.00739. The van der Waals surface area contributed by atoms with Gasteiger partial charge in [-0.3, -0.25) is 9.78 Å². The predicted octanol–water partition coefficient (Wildman–Crippen LogP) is 2.44. The highest BCUT2D eigenvalue weighted by atomic mass is 32.1. The van der Waals surface area contributed by atoms with Gasteiger partial charge in [0.05, 0.1) is 41.0 Å². The van der Waals surface area contributed by atoms with Crippen molar-refractivity contribution in [3.05, 3.63) is 53.0 Å². The van der Waals surface area contributed by atoms with Gasteiger partial charge in [-0.05, 0) is 25.0 Å². The van der Waals surface area contributed by atoms with Crippen molar-refractivity contribution in [2.24, 2.45) is 11.7 Å². The van der Waals surface area contributed by atoms with Gasteiger partial charge in [-0.1, -0.05) is 24.3 Å². The molecule has 1 fully saturated rings. The van der Waals surface area contributed by atoms with Crippen LogP contribution in [0.4, 0.5) is 25.2 Å². The fraction of sp³-hybridized carbons (Fsp3) is 0.375. The number of nitrogens with two attached hydrogens (primary N) is 2. The fourth-order valence-electron chi connectivity index (χ4n) is 4.94. The van der Waals surface area contributed by atoms with E-state index in [0.29, 0.717) is 43.0 Å². The summed E-state index contributed by atoms with van der Waals surface area (Å²) in [5.41, 5.74) is 14.1. The van der Waals surface area contributed by atoms with Crippen LogP contribution in [0.5, 0.6) is 0 Å². The largest absolute Gasteiger partial charge is 0.391 e. The van der Waals surface area contributed by atoms with E-state index in [0.717, 1.165) is 29.0 Å². The lowest BCUT2D eigenvalue weighted by Gasteiger charge is -2.41. The number of piperidine rings is 1. The van der Waals surface area contributed by atoms with Crippen LogP contribution in [0, 0.1) is 17.6 Å². The molecule has 0 saturated carbocycles. The summed E-state index contributed by atoms with van der Waals surface area (Å²) in [7, 11) is 0.